The predicted octanol–water partition coefficient (Wildman–Crippen LogP) is 3.00. The monoisotopic (exact) mass is 366 g/mol. The second-order valence-electron chi connectivity index (χ2n) is 6.15. The first kappa shape index (κ1) is 16.5. The molecule has 2 aromatic carbocycles. The van der Waals surface area contributed by atoms with Crippen LogP contribution in [0, 0.1) is 0 Å². The molecule has 0 fully saturated rings. The van der Waals surface area contributed by atoms with Crippen molar-refractivity contribution in [2.24, 2.45) is 7.05 Å². The molecule has 2 heterocycles. The number of rotatable bonds is 4. The number of benzene rings is 2. The minimum Gasteiger partial charge on any atom is -0.295 e. The van der Waals surface area contributed by atoms with Crippen LogP contribution in [-0.4, -0.2) is 27.1 Å². The van der Waals surface area contributed by atoms with E-state index in [1.807, 2.05) is 48.5 Å². The number of carbonyl (C=O) groups excluding carboxylic acids is 1. The van der Waals surface area contributed by atoms with Crippen LogP contribution < -0.4 is 10.6 Å². The number of thiazole rings is 1. The van der Waals surface area contributed by atoms with Crippen LogP contribution in [0.1, 0.15) is 6.42 Å². The van der Waals surface area contributed by atoms with Gasteiger partial charge in [-0.3, -0.25) is 18.8 Å². The van der Waals surface area contributed by atoms with Crippen molar-refractivity contribution in [3.63, 3.8) is 0 Å². The van der Waals surface area contributed by atoms with Crippen LogP contribution in [0.5, 0.6) is 0 Å². The number of aryl methyl sites for hydroxylation is 2. The molecule has 0 N–H and O–H groups in total. The van der Waals surface area contributed by atoms with E-state index < -0.39 is 0 Å². The fraction of sp³-hybridized carbons (Fsp3) is 0.211. The molecule has 0 aliphatic heterocycles. The molecule has 2 aromatic heterocycles. The lowest BCUT2D eigenvalue weighted by Crippen LogP contribution is -2.29. The Bertz CT molecular complexity index is 1140. The lowest BCUT2D eigenvalue weighted by molar-refractivity contribution is -0.118. The molecule has 0 bridgehead atoms. The van der Waals surface area contributed by atoms with Crippen molar-refractivity contribution < 1.29 is 4.79 Å². The van der Waals surface area contributed by atoms with Crippen molar-refractivity contribution in [1.82, 2.24) is 14.1 Å². The summed E-state index contributed by atoms with van der Waals surface area (Å²) in [6, 6.07) is 15.4. The van der Waals surface area contributed by atoms with E-state index in [-0.39, 0.29) is 18.0 Å². The molecule has 0 saturated carbocycles. The number of imidazole rings is 1. The molecule has 0 radical (unpaired) electrons. The van der Waals surface area contributed by atoms with E-state index in [9.17, 15) is 9.59 Å². The highest BCUT2D eigenvalue weighted by Gasteiger charge is 2.17. The van der Waals surface area contributed by atoms with Gasteiger partial charge in [-0.1, -0.05) is 35.6 Å². The third-order valence-electron chi connectivity index (χ3n) is 4.54. The summed E-state index contributed by atoms with van der Waals surface area (Å²) in [7, 11) is 3.47. The standard InChI is InChI=1S/C19H18N4O2S/c1-21-14-8-4-5-9-15(14)23(19(21)25)12-11-17(24)22(2)18-20-13-7-3-6-10-16(13)26-18/h3-10H,11-12H2,1-2H3. The zero-order chi connectivity index (χ0) is 18.3. The Morgan fingerprint density at radius 2 is 1.81 bits per heavy atom. The highest BCUT2D eigenvalue weighted by molar-refractivity contribution is 7.22. The summed E-state index contributed by atoms with van der Waals surface area (Å²) in [5, 5.41) is 0.668. The molecule has 7 heteroatoms. The minimum atomic E-state index is -0.110. The molecular weight excluding hydrogens is 348 g/mol. The van der Waals surface area contributed by atoms with Crippen LogP contribution in [-0.2, 0) is 18.4 Å². The van der Waals surface area contributed by atoms with Crippen molar-refractivity contribution in [2.45, 2.75) is 13.0 Å². The SMILES string of the molecule is CN(C(=O)CCn1c(=O)n(C)c2ccccc21)c1nc2ccccc2s1. The Labute approximate surface area is 153 Å². The summed E-state index contributed by atoms with van der Waals surface area (Å²) in [4.78, 5) is 31.1. The minimum absolute atomic E-state index is 0.0658. The average Bonchev–Trinajstić information content (AvgIpc) is 3.20. The molecule has 0 saturated heterocycles. The van der Waals surface area contributed by atoms with Crippen molar-refractivity contribution >= 4 is 43.6 Å². The van der Waals surface area contributed by atoms with E-state index >= 15 is 0 Å². The molecule has 132 valence electrons. The maximum absolute atomic E-state index is 12.6. The number of amides is 1. The Morgan fingerprint density at radius 3 is 2.58 bits per heavy atom. The molecule has 26 heavy (non-hydrogen) atoms. The largest absolute Gasteiger partial charge is 0.328 e. The number of fused-ring (bicyclic) bond motifs is 2. The Kier molecular flexibility index (Phi) is 4.08. The second-order valence-corrected chi connectivity index (χ2v) is 7.16. The number of para-hydroxylation sites is 3. The Hall–Kier alpha value is -2.93. The van der Waals surface area contributed by atoms with Crippen molar-refractivity contribution in [3.05, 3.63) is 59.0 Å². The topological polar surface area (TPSA) is 60.1 Å². The second kappa shape index (κ2) is 6.42. The molecule has 6 nitrogen and oxygen atoms in total. The van der Waals surface area contributed by atoms with Gasteiger partial charge in [0.2, 0.25) is 5.91 Å². The first-order valence-electron chi connectivity index (χ1n) is 8.32. The van der Waals surface area contributed by atoms with Gasteiger partial charge in [0.15, 0.2) is 5.13 Å². The van der Waals surface area contributed by atoms with Gasteiger partial charge in [-0.05, 0) is 24.3 Å². The molecule has 0 aliphatic rings. The van der Waals surface area contributed by atoms with Crippen molar-refractivity contribution in [2.75, 3.05) is 11.9 Å². The maximum Gasteiger partial charge on any atom is 0.328 e. The highest BCUT2D eigenvalue weighted by atomic mass is 32.1. The Morgan fingerprint density at radius 1 is 1.12 bits per heavy atom. The van der Waals surface area contributed by atoms with Crippen LogP contribution in [0.25, 0.3) is 21.3 Å². The number of anilines is 1. The van der Waals surface area contributed by atoms with Gasteiger partial charge in [-0.2, -0.15) is 0 Å². The Balaban J connectivity index is 1.55. The lowest BCUT2D eigenvalue weighted by Gasteiger charge is -2.13. The van der Waals surface area contributed by atoms with Crippen LogP contribution in [0.4, 0.5) is 5.13 Å². The number of hydrogen-bond donors (Lipinski definition) is 0. The molecule has 0 aliphatic carbocycles. The summed E-state index contributed by atoms with van der Waals surface area (Å²) in [5.74, 6) is -0.0658. The van der Waals surface area contributed by atoms with E-state index in [4.69, 9.17) is 0 Å². The van der Waals surface area contributed by atoms with Gasteiger partial charge >= 0.3 is 5.69 Å². The fourth-order valence-electron chi connectivity index (χ4n) is 3.06. The predicted molar refractivity (Wildman–Crippen MR) is 105 cm³/mol. The molecule has 4 aromatic rings. The highest BCUT2D eigenvalue weighted by Crippen LogP contribution is 2.28. The van der Waals surface area contributed by atoms with Gasteiger partial charge in [0.25, 0.3) is 0 Å². The van der Waals surface area contributed by atoms with E-state index in [0.29, 0.717) is 11.7 Å². The first-order valence-corrected chi connectivity index (χ1v) is 9.14. The summed E-state index contributed by atoms with van der Waals surface area (Å²) in [5.41, 5.74) is 2.49. The molecule has 0 unspecified atom stereocenters. The number of nitrogens with zero attached hydrogens (tertiary/aromatic N) is 4. The van der Waals surface area contributed by atoms with E-state index in [0.717, 1.165) is 21.3 Å². The van der Waals surface area contributed by atoms with Crippen molar-refractivity contribution in [1.29, 1.82) is 0 Å². The molecular formula is C19H18N4O2S. The average molecular weight is 366 g/mol. The van der Waals surface area contributed by atoms with E-state index in [1.54, 1.807) is 28.1 Å². The van der Waals surface area contributed by atoms with Gasteiger partial charge in [-0.25, -0.2) is 9.78 Å². The maximum atomic E-state index is 12.6. The zero-order valence-corrected chi connectivity index (χ0v) is 15.4. The quantitative estimate of drug-likeness (QED) is 0.558. The molecule has 4 rings (SSSR count). The molecule has 0 atom stereocenters. The van der Waals surface area contributed by atoms with Crippen LogP contribution in [0.2, 0.25) is 0 Å². The summed E-state index contributed by atoms with van der Waals surface area (Å²) >= 11 is 1.49. The van der Waals surface area contributed by atoms with E-state index in [1.165, 1.54) is 11.3 Å². The van der Waals surface area contributed by atoms with Gasteiger partial charge in [0.05, 0.1) is 21.3 Å². The van der Waals surface area contributed by atoms with Gasteiger partial charge in [-0.15, -0.1) is 0 Å². The van der Waals surface area contributed by atoms with Crippen LogP contribution >= 0.6 is 11.3 Å². The van der Waals surface area contributed by atoms with Gasteiger partial charge in [0.1, 0.15) is 0 Å². The normalized spacial score (nSPS) is 11.3. The smallest absolute Gasteiger partial charge is 0.295 e. The van der Waals surface area contributed by atoms with Gasteiger partial charge < -0.3 is 0 Å². The number of aromatic nitrogens is 3. The van der Waals surface area contributed by atoms with Crippen LogP contribution in [0.3, 0.4) is 0 Å². The van der Waals surface area contributed by atoms with Gasteiger partial charge in [0, 0.05) is 27.1 Å². The number of hydrogen-bond acceptors (Lipinski definition) is 4. The summed E-state index contributed by atoms with van der Waals surface area (Å²) in [6.07, 6.45) is 0.236. The molecule has 0 spiro atoms. The van der Waals surface area contributed by atoms with Crippen LogP contribution in [0.15, 0.2) is 53.3 Å². The lowest BCUT2D eigenvalue weighted by atomic mass is 10.3. The zero-order valence-electron chi connectivity index (χ0n) is 14.5. The number of carbonyl (C=O) groups is 1. The fourth-order valence-corrected chi connectivity index (χ4v) is 4.01. The third-order valence-corrected chi connectivity index (χ3v) is 5.66. The summed E-state index contributed by atoms with van der Waals surface area (Å²) in [6.45, 7) is 0.342. The van der Waals surface area contributed by atoms with E-state index in [2.05, 4.69) is 4.98 Å². The first-order chi connectivity index (χ1) is 12.6. The molecule has 1 amide bonds. The third kappa shape index (κ3) is 2.70. The van der Waals surface area contributed by atoms with Crippen molar-refractivity contribution in [3.8, 4) is 0 Å². The summed E-state index contributed by atoms with van der Waals surface area (Å²) < 4.78 is 4.31.